The van der Waals surface area contributed by atoms with Gasteiger partial charge < -0.3 is 0 Å². The first-order valence-corrected chi connectivity index (χ1v) is 11.9. The van der Waals surface area contributed by atoms with Crippen molar-refractivity contribution in [2.75, 3.05) is 0 Å². The Morgan fingerprint density at radius 2 is 0.600 bits per heavy atom. The minimum Gasteiger partial charge on any atom is -0.0600 e. The van der Waals surface area contributed by atoms with Crippen molar-refractivity contribution >= 4 is 95.6 Å². The van der Waals surface area contributed by atoms with E-state index in [-0.39, 0.29) is 0 Å². The first kappa shape index (κ1) is 20.3. The van der Waals surface area contributed by atoms with E-state index in [0.717, 1.165) is 49.4 Å². The minimum absolute atomic E-state index is 1.02. The molecule has 0 aliphatic heterocycles. The molecular weight excluding hydrogens is 708 g/mol. The van der Waals surface area contributed by atoms with Crippen molar-refractivity contribution in [2.24, 2.45) is 0 Å². The van der Waals surface area contributed by atoms with Crippen LogP contribution in [-0.2, 0) is 0 Å². The molecule has 6 heteroatoms. The lowest BCUT2D eigenvalue weighted by Crippen LogP contribution is -2.10. The van der Waals surface area contributed by atoms with E-state index < -0.39 is 0 Å². The summed E-state index contributed by atoms with van der Waals surface area (Å²) in [6.45, 7) is 0. The summed E-state index contributed by atoms with van der Waals surface area (Å²) in [6.07, 6.45) is 0. The van der Waals surface area contributed by atoms with Gasteiger partial charge in [0.15, 0.2) is 0 Å². The van der Waals surface area contributed by atoms with Gasteiger partial charge in [0.25, 0.3) is 0 Å². The predicted octanol–water partition coefficient (Wildman–Crippen LogP) is 9.28. The van der Waals surface area contributed by atoms with Gasteiger partial charge in [0.2, 0.25) is 0 Å². The van der Waals surface area contributed by atoms with Gasteiger partial charge in [-0.15, -0.1) is 0 Å². The molecule has 3 aromatic rings. The summed E-state index contributed by atoms with van der Waals surface area (Å²) in [5.41, 5.74) is 3.26. The molecule has 0 spiro atoms. The van der Waals surface area contributed by atoms with Gasteiger partial charge in [-0.05, 0) is 53.1 Å². The molecule has 0 heterocycles. The zero-order chi connectivity index (χ0) is 18.1. The summed E-state index contributed by atoms with van der Waals surface area (Å²) in [5, 5.41) is 0. The molecule has 3 aromatic carbocycles. The third-order valence-corrected chi connectivity index (χ3v) is 7.60. The van der Waals surface area contributed by atoms with Gasteiger partial charge in [0.05, 0.1) is 5.92 Å². The minimum atomic E-state index is 1.02. The van der Waals surface area contributed by atoms with E-state index in [9.17, 15) is 0 Å². The SMILES string of the molecule is Brc1cccc(Br)c1[C](c1c(Br)cccc1Br)c1c(Br)cccc1Br. The third kappa shape index (κ3) is 4.19. The highest BCUT2D eigenvalue weighted by Gasteiger charge is 2.29. The molecular formula is C19H9Br6. The Balaban J connectivity index is 2.42. The topological polar surface area (TPSA) is 0 Å². The summed E-state index contributed by atoms with van der Waals surface area (Å²) >= 11 is 22.4. The number of halogens is 6. The lowest BCUT2D eigenvalue weighted by Gasteiger charge is -2.25. The molecule has 3 rings (SSSR count). The van der Waals surface area contributed by atoms with Gasteiger partial charge in [0, 0.05) is 26.8 Å². The summed E-state index contributed by atoms with van der Waals surface area (Å²) in [5.74, 6) is 1.10. The van der Waals surface area contributed by atoms with Crippen molar-refractivity contribution in [3.8, 4) is 0 Å². The molecule has 25 heavy (non-hydrogen) atoms. The first-order valence-electron chi connectivity index (χ1n) is 7.12. The fourth-order valence-electron chi connectivity index (χ4n) is 2.58. The normalized spacial score (nSPS) is 11.2. The molecule has 0 nitrogen and oxygen atoms in total. The molecule has 0 atom stereocenters. The zero-order valence-electron chi connectivity index (χ0n) is 12.5. The largest absolute Gasteiger partial charge is 0.0698 e. The fraction of sp³-hybridized carbons (Fsp3) is 0. The van der Waals surface area contributed by atoms with Gasteiger partial charge in [-0.3, -0.25) is 0 Å². The molecule has 0 fully saturated rings. The van der Waals surface area contributed by atoms with E-state index in [1.165, 1.54) is 0 Å². The monoisotopic (exact) mass is 711 g/mol. The van der Waals surface area contributed by atoms with Gasteiger partial charge >= 0.3 is 0 Å². The highest BCUT2D eigenvalue weighted by molar-refractivity contribution is 9.11. The van der Waals surface area contributed by atoms with E-state index in [2.05, 4.69) is 132 Å². The van der Waals surface area contributed by atoms with E-state index in [0.29, 0.717) is 0 Å². The van der Waals surface area contributed by atoms with Crippen molar-refractivity contribution in [1.82, 2.24) is 0 Å². The average molecular weight is 717 g/mol. The zero-order valence-corrected chi connectivity index (χ0v) is 22.0. The van der Waals surface area contributed by atoms with E-state index in [1.807, 2.05) is 18.2 Å². The Kier molecular flexibility index (Phi) is 7.06. The smallest absolute Gasteiger partial charge is 0.0600 e. The molecule has 0 saturated heterocycles. The number of rotatable bonds is 3. The molecule has 0 aliphatic rings. The quantitative estimate of drug-likeness (QED) is 0.237. The Morgan fingerprint density at radius 3 is 0.800 bits per heavy atom. The molecule has 127 valence electrons. The number of benzene rings is 3. The van der Waals surface area contributed by atoms with Crippen LogP contribution in [0.25, 0.3) is 0 Å². The van der Waals surface area contributed by atoms with Crippen LogP contribution in [-0.4, -0.2) is 0 Å². The second-order valence-corrected chi connectivity index (χ2v) is 10.3. The molecule has 0 bridgehead atoms. The summed E-state index contributed by atoms with van der Waals surface area (Å²) in [6, 6.07) is 18.3. The van der Waals surface area contributed by atoms with Crippen LogP contribution in [0.1, 0.15) is 16.7 Å². The van der Waals surface area contributed by atoms with E-state index >= 15 is 0 Å². The second kappa shape index (κ2) is 8.70. The molecule has 0 saturated carbocycles. The maximum atomic E-state index is 3.73. The van der Waals surface area contributed by atoms with Crippen molar-refractivity contribution in [3.63, 3.8) is 0 Å². The molecule has 0 unspecified atom stereocenters. The number of hydrogen-bond donors (Lipinski definition) is 0. The average Bonchev–Trinajstić information content (AvgIpc) is 2.53. The van der Waals surface area contributed by atoms with Crippen molar-refractivity contribution in [3.05, 3.63) is 104 Å². The third-order valence-electron chi connectivity index (χ3n) is 3.64. The van der Waals surface area contributed by atoms with Crippen LogP contribution in [0.5, 0.6) is 0 Å². The Labute approximate surface area is 197 Å². The van der Waals surface area contributed by atoms with Gasteiger partial charge in [-0.2, -0.15) is 0 Å². The van der Waals surface area contributed by atoms with Crippen LogP contribution in [0.2, 0.25) is 0 Å². The molecule has 0 aromatic heterocycles. The van der Waals surface area contributed by atoms with Crippen molar-refractivity contribution in [1.29, 1.82) is 0 Å². The van der Waals surface area contributed by atoms with Crippen LogP contribution in [0.4, 0.5) is 0 Å². The maximum absolute atomic E-state index is 3.73. The summed E-state index contributed by atoms with van der Waals surface area (Å²) in [7, 11) is 0. The van der Waals surface area contributed by atoms with Crippen LogP contribution < -0.4 is 0 Å². The lowest BCUT2D eigenvalue weighted by atomic mass is 9.85. The second-order valence-electron chi connectivity index (χ2n) is 5.16. The standard InChI is InChI=1S/C19H9Br6/c20-10-4-1-5-11(21)16(10)19(17-12(22)6-2-7-13(17)23)18-14(24)8-3-9-15(18)25/h1-9H. The highest BCUT2D eigenvalue weighted by atomic mass is 79.9. The Hall–Kier alpha value is 0.540. The predicted molar refractivity (Wildman–Crippen MR) is 126 cm³/mol. The van der Waals surface area contributed by atoms with E-state index in [4.69, 9.17) is 0 Å². The van der Waals surface area contributed by atoms with Crippen LogP contribution in [0.3, 0.4) is 0 Å². The van der Waals surface area contributed by atoms with Crippen LogP contribution >= 0.6 is 95.6 Å². The Morgan fingerprint density at radius 1 is 0.400 bits per heavy atom. The van der Waals surface area contributed by atoms with Crippen molar-refractivity contribution in [2.45, 2.75) is 0 Å². The fourth-order valence-corrected chi connectivity index (χ4v) is 6.77. The molecule has 1 radical (unpaired) electrons. The highest BCUT2D eigenvalue weighted by Crippen LogP contribution is 2.48. The maximum Gasteiger partial charge on any atom is 0.0698 e. The Bertz CT molecular complexity index is 752. The van der Waals surface area contributed by atoms with Gasteiger partial charge in [-0.25, -0.2) is 0 Å². The van der Waals surface area contributed by atoms with Gasteiger partial charge in [0.1, 0.15) is 0 Å². The number of hydrogen-bond acceptors (Lipinski definition) is 0. The molecule has 0 amide bonds. The van der Waals surface area contributed by atoms with Gasteiger partial charge in [-0.1, -0.05) is 114 Å². The van der Waals surface area contributed by atoms with E-state index in [1.54, 1.807) is 0 Å². The first-order chi connectivity index (χ1) is 11.9. The molecule has 0 aliphatic carbocycles. The van der Waals surface area contributed by atoms with Crippen LogP contribution in [0, 0.1) is 5.92 Å². The lowest BCUT2D eigenvalue weighted by molar-refractivity contribution is 1.16. The summed E-state index contributed by atoms with van der Waals surface area (Å²) < 4.78 is 6.10. The van der Waals surface area contributed by atoms with Crippen molar-refractivity contribution < 1.29 is 0 Å². The van der Waals surface area contributed by atoms with Crippen LogP contribution in [0.15, 0.2) is 81.4 Å². The summed E-state index contributed by atoms with van der Waals surface area (Å²) in [4.78, 5) is 0. The molecule has 0 N–H and O–H groups in total.